The Morgan fingerprint density at radius 2 is 2.00 bits per heavy atom. The quantitative estimate of drug-likeness (QED) is 0.745. The van der Waals surface area contributed by atoms with E-state index in [-0.39, 0.29) is 6.04 Å². The molecule has 2 heterocycles. The predicted octanol–water partition coefficient (Wildman–Crippen LogP) is 3.33. The first kappa shape index (κ1) is 10.2. The molecule has 0 amide bonds. The molecule has 1 N–H and O–H groups in total. The summed E-state index contributed by atoms with van der Waals surface area (Å²) in [4.78, 5) is 0. The summed E-state index contributed by atoms with van der Waals surface area (Å²) >= 11 is 0. The lowest BCUT2D eigenvalue weighted by molar-refractivity contribution is 0.555. The average molecular weight is 227 g/mol. The minimum atomic E-state index is 0.0948. The lowest BCUT2D eigenvalue weighted by Gasteiger charge is -2.12. The van der Waals surface area contributed by atoms with E-state index in [1.807, 2.05) is 31.3 Å². The second kappa shape index (κ2) is 4.11. The third-order valence-corrected chi connectivity index (χ3v) is 2.99. The Labute approximate surface area is 99.0 Å². The fourth-order valence-corrected chi connectivity index (χ4v) is 2.16. The first-order chi connectivity index (χ1) is 8.40. The lowest BCUT2D eigenvalue weighted by atomic mass is 10.0. The van der Waals surface area contributed by atoms with Gasteiger partial charge in [-0.2, -0.15) is 0 Å². The van der Waals surface area contributed by atoms with Crippen LogP contribution in [0.25, 0.3) is 11.0 Å². The van der Waals surface area contributed by atoms with Crippen molar-refractivity contribution in [2.75, 3.05) is 7.05 Å². The number of rotatable bonds is 3. The van der Waals surface area contributed by atoms with Crippen molar-refractivity contribution in [3.8, 4) is 0 Å². The highest BCUT2D eigenvalue weighted by molar-refractivity contribution is 5.81. The zero-order valence-electron chi connectivity index (χ0n) is 9.51. The molecule has 0 saturated carbocycles. The van der Waals surface area contributed by atoms with Gasteiger partial charge in [-0.25, -0.2) is 0 Å². The zero-order valence-corrected chi connectivity index (χ0v) is 9.51. The van der Waals surface area contributed by atoms with Crippen molar-refractivity contribution in [2.45, 2.75) is 6.04 Å². The van der Waals surface area contributed by atoms with Gasteiger partial charge in [-0.15, -0.1) is 0 Å². The van der Waals surface area contributed by atoms with Gasteiger partial charge >= 0.3 is 0 Å². The van der Waals surface area contributed by atoms with E-state index in [4.69, 9.17) is 8.83 Å². The average Bonchev–Trinajstić information content (AvgIpc) is 3.01. The molecule has 2 aromatic heterocycles. The SMILES string of the molecule is CNC(c1ccoc1)c1coc2ccccc12. The summed E-state index contributed by atoms with van der Waals surface area (Å²) in [5, 5.41) is 4.41. The van der Waals surface area contributed by atoms with Crippen LogP contribution < -0.4 is 5.32 Å². The Hall–Kier alpha value is -2.00. The summed E-state index contributed by atoms with van der Waals surface area (Å²) in [6.45, 7) is 0. The van der Waals surface area contributed by atoms with Crippen molar-refractivity contribution in [3.63, 3.8) is 0 Å². The van der Waals surface area contributed by atoms with Crippen LogP contribution in [0.5, 0.6) is 0 Å². The predicted molar refractivity (Wildman–Crippen MR) is 65.8 cm³/mol. The van der Waals surface area contributed by atoms with Gasteiger partial charge in [0.1, 0.15) is 5.58 Å². The van der Waals surface area contributed by atoms with Crippen molar-refractivity contribution < 1.29 is 8.83 Å². The zero-order chi connectivity index (χ0) is 11.7. The Kier molecular flexibility index (Phi) is 2.46. The molecule has 3 nitrogen and oxygen atoms in total. The molecule has 3 rings (SSSR count). The summed E-state index contributed by atoms with van der Waals surface area (Å²) in [5.74, 6) is 0. The van der Waals surface area contributed by atoms with Gasteiger partial charge in [-0.05, 0) is 19.2 Å². The number of para-hydroxylation sites is 1. The van der Waals surface area contributed by atoms with Crippen LogP contribution in [0.15, 0.2) is 58.0 Å². The van der Waals surface area contributed by atoms with Gasteiger partial charge < -0.3 is 14.2 Å². The number of benzene rings is 1. The van der Waals surface area contributed by atoms with Crippen molar-refractivity contribution in [1.29, 1.82) is 0 Å². The van der Waals surface area contributed by atoms with E-state index in [1.54, 1.807) is 18.8 Å². The topological polar surface area (TPSA) is 38.3 Å². The second-order valence-corrected chi connectivity index (χ2v) is 3.97. The first-order valence-corrected chi connectivity index (χ1v) is 5.55. The van der Waals surface area contributed by atoms with Gasteiger partial charge in [0.2, 0.25) is 0 Å². The molecule has 0 fully saturated rings. The highest BCUT2D eigenvalue weighted by Gasteiger charge is 2.17. The van der Waals surface area contributed by atoms with Crippen molar-refractivity contribution >= 4 is 11.0 Å². The Morgan fingerprint density at radius 3 is 2.76 bits per heavy atom. The number of nitrogens with one attached hydrogen (secondary N) is 1. The van der Waals surface area contributed by atoms with Crippen LogP contribution in [0, 0.1) is 0 Å². The molecular formula is C14H13NO2. The van der Waals surface area contributed by atoms with Gasteiger partial charge in [0.15, 0.2) is 0 Å². The molecule has 3 aromatic rings. The second-order valence-electron chi connectivity index (χ2n) is 3.97. The first-order valence-electron chi connectivity index (χ1n) is 5.55. The van der Waals surface area contributed by atoms with E-state index in [2.05, 4.69) is 11.4 Å². The number of hydrogen-bond acceptors (Lipinski definition) is 3. The minimum absolute atomic E-state index is 0.0948. The Morgan fingerprint density at radius 1 is 1.12 bits per heavy atom. The van der Waals surface area contributed by atoms with Crippen molar-refractivity contribution in [1.82, 2.24) is 5.32 Å². The maximum atomic E-state index is 5.56. The van der Waals surface area contributed by atoms with E-state index in [1.165, 1.54) is 0 Å². The summed E-state index contributed by atoms with van der Waals surface area (Å²) in [7, 11) is 1.93. The van der Waals surface area contributed by atoms with Crippen LogP contribution in [0.4, 0.5) is 0 Å². The molecule has 0 aliphatic heterocycles. The van der Waals surface area contributed by atoms with Gasteiger partial charge in [0.25, 0.3) is 0 Å². The van der Waals surface area contributed by atoms with Gasteiger partial charge in [-0.3, -0.25) is 0 Å². The third kappa shape index (κ3) is 1.65. The molecule has 0 aliphatic carbocycles. The Balaban J connectivity index is 2.13. The molecule has 1 aromatic carbocycles. The van der Waals surface area contributed by atoms with Gasteiger partial charge in [0, 0.05) is 16.5 Å². The monoisotopic (exact) mass is 227 g/mol. The van der Waals surface area contributed by atoms with Crippen LogP contribution in [-0.4, -0.2) is 7.05 Å². The van der Waals surface area contributed by atoms with E-state index in [9.17, 15) is 0 Å². The normalized spacial score (nSPS) is 13.0. The molecule has 0 aliphatic rings. The highest BCUT2D eigenvalue weighted by Crippen LogP contribution is 2.30. The molecule has 0 radical (unpaired) electrons. The molecule has 3 heteroatoms. The maximum absolute atomic E-state index is 5.56. The largest absolute Gasteiger partial charge is 0.472 e. The lowest BCUT2D eigenvalue weighted by Crippen LogP contribution is -2.16. The van der Waals surface area contributed by atoms with Crippen molar-refractivity contribution in [3.05, 3.63) is 60.2 Å². The molecule has 1 unspecified atom stereocenters. The number of fused-ring (bicyclic) bond motifs is 1. The fraction of sp³-hybridized carbons (Fsp3) is 0.143. The molecule has 0 bridgehead atoms. The van der Waals surface area contributed by atoms with Crippen LogP contribution >= 0.6 is 0 Å². The van der Waals surface area contributed by atoms with Crippen molar-refractivity contribution in [2.24, 2.45) is 0 Å². The molecule has 1 atom stereocenters. The molecule has 0 spiro atoms. The number of hydrogen-bond donors (Lipinski definition) is 1. The summed E-state index contributed by atoms with van der Waals surface area (Å²) in [5.41, 5.74) is 3.13. The Bertz CT molecular complexity index is 610. The van der Waals surface area contributed by atoms with Crippen LogP contribution in [-0.2, 0) is 0 Å². The van der Waals surface area contributed by atoms with E-state index < -0.39 is 0 Å². The highest BCUT2D eigenvalue weighted by atomic mass is 16.3. The third-order valence-electron chi connectivity index (χ3n) is 2.99. The maximum Gasteiger partial charge on any atom is 0.134 e. The van der Waals surface area contributed by atoms with E-state index >= 15 is 0 Å². The van der Waals surface area contributed by atoms with Gasteiger partial charge in [-0.1, -0.05) is 18.2 Å². The summed E-state index contributed by atoms with van der Waals surface area (Å²) in [6.07, 6.45) is 5.24. The molecule has 86 valence electrons. The van der Waals surface area contributed by atoms with E-state index in [0.717, 1.165) is 22.1 Å². The standard InChI is InChI=1S/C14H13NO2/c1-15-14(10-6-7-16-8-10)12-9-17-13-5-3-2-4-11(12)13/h2-9,14-15H,1H3. The molecule has 17 heavy (non-hydrogen) atoms. The number of furan rings is 2. The van der Waals surface area contributed by atoms with Gasteiger partial charge in [0.05, 0.1) is 24.8 Å². The van der Waals surface area contributed by atoms with Crippen LogP contribution in [0.3, 0.4) is 0 Å². The minimum Gasteiger partial charge on any atom is -0.472 e. The fourth-order valence-electron chi connectivity index (χ4n) is 2.16. The van der Waals surface area contributed by atoms with Crippen LogP contribution in [0.2, 0.25) is 0 Å². The summed E-state index contributed by atoms with van der Waals surface area (Å²) in [6, 6.07) is 10.1. The van der Waals surface area contributed by atoms with Crippen LogP contribution in [0.1, 0.15) is 17.2 Å². The van der Waals surface area contributed by atoms with E-state index in [0.29, 0.717) is 0 Å². The summed E-state index contributed by atoms with van der Waals surface area (Å²) < 4.78 is 10.7. The molecule has 0 saturated heterocycles. The molecular weight excluding hydrogens is 214 g/mol. The smallest absolute Gasteiger partial charge is 0.134 e.